The van der Waals surface area contributed by atoms with E-state index < -0.39 is 0 Å². The van der Waals surface area contributed by atoms with E-state index in [4.69, 9.17) is 5.84 Å². The second kappa shape index (κ2) is 2.80. The molecule has 0 aromatic heterocycles. The first kappa shape index (κ1) is 6.51. The molecule has 4 nitrogen and oxygen atoms in total. The van der Waals surface area contributed by atoms with Crippen LogP contribution in [-0.4, -0.2) is 18.5 Å². The van der Waals surface area contributed by atoms with Crippen LogP contribution >= 0.6 is 0 Å². The average Bonchev–Trinajstić information content (AvgIpc) is 1.89. The van der Waals surface area contributed by atoms with E-state index in [9.17, 15) is 4.79 Å². The zero-order valence-electron chi connectivity index (χ0n) is 5.18. The monoisotopic (exact) mass is 129 g/mol. The predicted molar refractivity (Wildman–Crippen MR) is 33.4 cm³/mol. The lowest BCUT2D eigenvalue weighted by Gasteiger charge is -2.20. The highest BCUT2D eigenvalue weighted by molar-refractivity contribution is 5.82. The third-order valence-electron chi connectivity index (χ3n) is 1.49. The summed E-state index contributed by atoms with van der Waals surface area (Å²) in [6.45, 7) is 0.789. The van der Waals surface area contributed by atoms with Gasteiger partial charge in [0.1, 0.15) is 0 Å². The lowest BCUT2D eigenvalue weighted by Crippen LogP contribution is -2.50. The Morgan fingerprint density at radius 1 is 1.78 bits per heavy atom. The molecule has 1 aliphatic heterocycles. The van der Waals surface area contributed by atoms with Crippen molar-refractivity contribution in [2.75, 3.05) is 6.54 Å². The van der Waals surface area contributed by atoms with Crippen LogP contribution in [0.25, 0.3) is 0 Å². The summed E-state index contributed by atoms with van der Waals surface area (Å²) in [4.78, 5) is 10.8. The van der Waals surface area contributed by atoms with Crippen LogP contribution in [0.1, 0.15) is 12.8 Å². The molecule has 1 saturated heterocycles. The van der Waals surface area contributed by atoms with Crippen molar-refractivity contribution < 1.29 is 4.79 Å². The summed E-state index contributed by atoms with van der Waals surface area (Å²) in [6, 6.07) is -0.168. The topological polar surface area (TPSA) is 67.2 Å². The predicted octanol–water partition coefficient (Wildman–Crippen LogP) is -1.27. The van der Waals surface area contributed by atoms with E-state index >= 15 is 0 Å². The molecule has 1 heterocycles. The molecule has 1 amide bonds. The second-order valence-corrected chi connectivity index (χ2v) is 2.15. The highest BCUT2D eigenvalue weighted by Gasteiger charge is 2.19. The van der Waals surface area contributed by atoms with Crippen molar-refractivity contribution in [3.8, 4) is 0 Å². The third kappa shape index (κ3) is 1.40. The maximum Gasteiger partial charge on any atom is 0.238 e. The molecule has 0 aromatic carbocycles. The Balaban J connectivity index is 2.39. The maximum atomic E-state index is 10.8. The molecule has 1 unspecified atom stereocenters. The molecule has 0 spiro atoms. The van der Waals surface area contributed by atoms with Crippen LogP contribution in [0, 0.1) is 0 Å². The van der Waals surface area contributed by atoms with Crippen LogP contribution in [0.5, 0.6) is 0 Å². The molecule has 9 heavy (non-hydrogen) atoms. The number of hydrogen-bond acceptors (Lipinski definition) is 3. The highest BCUT2D eigenvalue weighted by Crippen LogP contribution is 2.00. The van der Waals surface area contributed by atoms with Crippen LogP contribution in [0.15, 0.2) is 0 Å². The maximum absolute atomic E-state index is 10.8. The fraction of sp³-hybridized carbons (Fsp3) is 0.800. The average molecular weight is 129 g/mol. The Labute approximate surface area is 53.8 Å². The SMILES string of the molecule is NNC1CCCNC1=O. The van der Waals surface area contributed by atoms with Crippen LogP contribution < -0.4 is 16.6 Å². The highest BCUT2D eigenvalue weighted by atomic mass is 16.2. The van der Waals surface area contributed by atoms with Crippen LogP contribution in [0.4, 0.5) is 0 Å². The Bertz CT molecular complexity index is 115. The van der Waals surface area contributed by atoms with Gasteiger partial charge in [0.25, 0.3) is 0 Å². The van der Waals surface area contributed by atoms with Crippen molar-refractivity contribution in [2.45, 2.75) is 18.9 Å². The standard InChI is InChI=1S/C5H11N3O/c6-8-4-2-1-3-7-5(4)9/h4,8H,1-3,6H2,(H,7,9). The van der Waals surface area contributed by atoms with Gasteiger partial charge in [0.15, 0.2) is 0 Å². The quantitative estimate of drug-likeness (QED) is 0.305. The third-order valence-corrected chi connectivity index (χ3v) is 1.49. The molecule has 0 saturated carbocycles. The summed E-state index contributed by atoms with van der Waals surface area (Å²) in [5.74, 6) is 5.10. The van der Waals surface area contributed by atoms with E-state index in [2.05, 4.69) is 10.7 Å². The number of carbonyl (C=O) groups is 1. The van der Waals surface area contributed by atoms with Crippen molar-refractivity contribution in [2.24, 2.45) is 5.84 Å². The number of nitrogens with one attached hydrogen (secondary N) is 2. The Hall–Kier alpha value is -0.610. The van der Waals surface area contributed by atoms with E-state index in [1.165, 1.54) is 0 Å². The summed E-state index contributed by atoms with van der Waals surface area (Å²) < 4.78 is 0. The van der Waals surface area contributed by atoms with Gasteiger partial charge in [0, 0.05) is 6.54 Å². The molecule has 0 aliphatic carbocycles. The largest absolute Gasteiger partial charge is 0.355 e. The number of piperidine rings is 1. The summed E-state index contributed by atoms with van der Waals surface area (Å²) in [6.07, 6.45) is 1.86. The molecule has 1 atom stereocenters. The van der Waals surface area contributed by atoms with Gasteiger partial charge in [0.05, 0.1) is 6.04 Å². The number of carbonyl (C=O) groups excluding carboxylic acids is 1. The Morgan fingerprint density at radius 2 is 2.56 bits per heavy atom. The molecule has 0 bridgehead atoms. The van der Waals surface area contributed by atoms with Gasteiger partial charge in [-0.2, -0.15) is 0 Å². The first-order valence-electron chi connectivity index (χ1n) is 3.08. The van der Waals surface area contributed by atoms with Gasteiger partial charge in [-0.25, -0.2) is 5.43 Å². The minimum Gasteiger partial charge on any atom is -0.355 e. The second-order valence-electron chi connectivity index (χ2n) is 2.15. The van der Waals surface area contributed by atoms with Crippen molar-refractivity contribution in [3.63, 3.8) is 0 Å². The van der Waals surface area contributed by atoms with Gasteiger partial charge >= 0.3 is 0 Å². The molecule has 1 fully saturated rings. The molecule has 0 radical (unpaired) electrons. The first-order chi connectivity index (χ1) is 4.34. The summed E-state index contributed by atoms with van der Waals surface area (Å²) in [5, 5.41) is 2.70. The molecular formula is C5H11N3O. The molecule has 52 valence electrons. The summed E-state index contributed by atoms with van der Waals surface area (Å²) in [7, 11) is 0. The fourth-order valence-electron chi connectivity index (χ4n) is 0.931. The van der Waals surface area contributed by atoms with E-state index in [0.717, 1.165) is 19.4 Å². The van der Waals surface area contributed by atoms with Crippen LogP contribution in [0.3, 0.4) is 0 Å². The minimum absolute atomic E-state index is 0.0174. The number of amides is 1. The Morgan fingerprint density at radius 3 is 3.00 bits per heavy atom. The molecule has 4 N–H and O–H groups in total. The molecule has 1 rings (SSSR count). The molecule has 4 heteroatoms. The molecule has 1 aliphatic rings. The summed E-state index contributed by atoms with van der Waals surface area (Å²) in [5.41, 5.74) is 2.44. The zero-order valence-corrected chi connectivity index (χ0v) is 5.18. The van der Waals surface area contributed by atoms with Gasteiger partial charge in [-0.15, -0.1) is 0 Å². The zero-order chi connectivity index (χ0) is 6.69. The van der Waals surface area contributed by atoms with Gasteiger partial charge in [0.2, 0.25) is 5.91 Å². The number of hydrazine groups is 1. The van der Waals surface area contributed by atoms with E-state index in [0.29, 0.717) is 0 Å². The van der Waals surface area contributed by atoms with Crippen LogP contribution in [0.2, 0.25) is 0 Å². The van der Waals surface area contributed by atoms with E-state index in [1.807, 2.05) is 0 Å². The lowest BCUT2D eigenvalue weighted by atomic mass is 10.1. The van der Waals surface area contributed by atoms with Crippen molar-refractivity contribution in [3.05, 3.63) is 0 Å². The van der Waals surface area contributed by atoms with E-state index in [-0.39, 0.29) is 11.9 Å². The van der Waals surface area contributed by atoms with Gasteiger partial charge in [-0.05, 0) is 12.8 Å². The van der Waals surface area contributed by atoms with Gasteiger partial charge in [-0.1, -0.05) is 0 Å². The van der Waals surface area contributed by atoms with Crippen LogP contribution in [-0.2, 0) is 4.79 Å². The lowest BCUT2D eigenvalue weighted by molar-refractivity contribution is -0.124. The number of rotatable bonds is 1. The number of hydrogen-bond donors (Lipinski definition) is 3. The van der Waals surface area contributed by atoms with Gasteiger partial charge in [-0.3, -0.25) is 10.6 Å². The van der Waals surface area contributed by atoms with E-state index in [1.54, 1.807) is 0 Å². The fourth-order valence-corrected chi connectivity index (χ4v) is 0.931. The minimum atomic E-state index is -0.168. The van der Waals surface area contributed by atoms with Crippen molar-refractivity contribution in [1.82, 2.24) is 10.7 Å². The Kier molecular flexibility index (Phi) is 2.02. The molecule has 0 aromatic rings. The normalized spacial score (nSPS) is 27.7. The van der Waals surface area contributed by atoms with Crippen molar-refractivity contribution >= 4 is 5.91 Å². The summed E-state index contributed by atoms with van der Waals surface area (Å²) >= 11 is 0. The smallest absolute Gasteiger partial charge is 0.238 e. The van der Waals surface area contributed by atoms with Crippen molar-refractivity contribution in [1.29, 1.82) is 0 Å². The van der Waals surface area contributed by atoms with Gasteiger partial charge < -0.3 is 5.32 Å². The first-order valence-corrected chi connectivity index (χ1v) is 3.08. The number of nitrogens with two attached hydrogens (primary N) is 1. The molecular weight excluding hydrogens is 118 g/mol.